The Kier molecular flexibility index (Phi) is 5.89. The zero-order valence-corrected chi connectivity index (χ0v) is 14.5. The Bertz CT molecular complexity index is 945. The number of nitrogens with one attached hydrogen (secondary N) is 2. The van der Waals surface area contributed by atoms with Crippen molar-refractivity contribution in [2.24, 2.45) is 0 Å². The van der Waals surface area contributed by atoms with Gasteiger partial charge in [-0.05, 0) is 35.4 Å². The molecule has 0 aliphatic heterocycles. The van der Waals surface area contributed by atoms with E-state index in [9.17, 15) is 14.0 Å². The van der Waals surface area contributed by atoms with Gasteiger partial charge in [-0.3, -0.25) is 14.6 Å². The third kappa shape index (κ3) is 4.98. The van der Waals surface area contributed by atoms with Crippen molar-refractivity contribution in [1.82, 2.24) is 10.3 Å². The average Bonchev–Trinajstić information content (AvgIpc) is 2.70. The van der Waals surface area contributed by atoms with Crippen molar-refractivity contribution < 1.29 is 14.0 Å². The van der Waals surface area contributed by atoms with Gasteiger partial charge in [0.1, 0.15) is 5.82 Å². The number of rotatable bonds is 6. The molecule has 0 spiro atoms. The van der Waals surface area contributed by atoms with Crippen molar-refractivity contribution in [3.63, 3.8) is 0 Å². The van der Waals surface area contributed by atoms with Gasteiger partial charge in [-0.2, -0.15) is 0 Å². The molecule has 0 atom stereocenters. The Morgan fingerprint density at radius 3 is 2.41 bits per heavy atom. The molecule has 0 fully saturated rings. The molecule has 0 radical (unpaired) electrons. The first kappa shape index (κ1) is 18.3. The molecule has 0 unspecified atom stereocenters. The smallest absolute Gasteiger partial charge is 0.257 e. The third-order valence-corrected chi connectivity index (χ3v) is 3.97. The van der Waals surface area contributed by atoms with Gasteiger partial charge in [0.2, 0.25) is 5.91 Å². The number of pyridine rings is 1. The summed E-state index contributed by atoms with van der Waals surface area (Å²) in [4.78, 5) is 28.4. The Labute approximate surface area is 156 Å². The number of amides is 2. The van der Waals surface area contributed by atoms with Gasteiger partial charge in [0.25, 0.3) is 5.91 Å². The third-order valence-electron chi connectivity index (χ3n) is 3.97. The van der Waals surface area contributed by atoms with Crippen molar-refractivity contribution in [3.05, 3.63) is 95.6 Å². The molecule has 0 aliphatic carbocycles. The number of benzene rings is 2. The number of aromatic nitrogens is 1. The first-order chi connectivity index (χ1) is 13.1. The summed E-state index contributed by atoms with van der Waals surface area (Å²) >= 11 is 0. The van der Waals surface area contributed by atoms with Gasteiger partial charge < -0.3 is 10.6 Å². The molecule has 0 aliphatic rings. The molecule has 0 saturated heterocycles. The van der Waals surface area contributed by atoms with Crippen LogP contribution in [0.3, 0.4) is 0 Å². The van der Waals surface area contributed by atoms with Crippen LogP contribution >= 0.6 is 0 Å². The average molecular weight is 363 g/mol. The van der Waals surface area contributed by atoms with Gasteiger partial charge in [0.15, 0.2) is 0 Å². The van der Waals surface area contributed by atoms with Crippen molar-refractivity contribution in [1.29, 1.82) is 0 Å². The van der Waals surface area contributed by atoms with Crippen LogP contribution in [0.2, 0.25) is 0 Å². The SMILES string of the molecule is O=C(Cc1ccccc1F)NCc1ccccc1NC(=O)c1cccnc1. The summed E-state index contributed by atoms with van der Waals surface area (Å²) in [5.74, 6) is -0.987. The van der Waals surface area contributed by atoms with Crippen LogP contribution in [-0.2, 0) is 17.8 Å². The van der Waals surface area contributed by atoms with Crippen molar-refractivity contribution in [3.8, 4) is 0 Å². The highest BCUT2D eigenvalue weighted by Gasteiger charge is 2.11. The highest BCUT2D eigenvalue weighted by molar-refractivity contribution is 6.04. The topological polar surface area (TPSA) is 71.1 Å². The Morgan fingerprint density at radius 1 is 0.926 bits per heavy atom. The Balaban J connectivity index is 1.63. The number of anilines is 1. The van der Waals surface area contributed by atoms with Gasteiger partial charge >= 0.3 is 0 Å². The van der Waals surface area contributed by atoms with Gasteiger partial charge in [-0.15, -0.1) is 0 Å². The minimum atomic E-state index is -0.406. The lowest BCUT2D eigenvalue weighted by Gasteiger charge is -2.12. The summed E-state index contributed by atoms with van der Waals surface area (Å²) < 4.78 is 13.6. The minimum Gasteiger partial charge on any atom is -0.352 e. The number of nitrogens with zero attached hydrogens (tertiary/aromatic N) is 1. The van der Waals surface area contributed by atoms with Crippen LogP contribution in [0.5, 0.6) is 0 Å². The molecular formula is C21H18FN3O2. The zero-order valence-electron chi connectivity index (χ0n) is 14.5. The standard InChI is InChI=1S/C21H18FN3O2/c22-18-9-3-1-6-15(18)12-20(26)24-14-16-7-2-4-10-19(16)25-21(27)17-8-5-11-23-13-17/h1-11,13H,12,14H2,(H,24,26)(H,25,27). The van der Waals surface area contributed by atoms with Crippen LogP contribution < -0.4 is 10.6 Å². The zero-order chi connectivity index (χ0) is 19.1. The predicted octanol–water partition coefficient (Wildman–Crippen LogP) is 3.33. The molecule has 3 aromatic rings. The van der Waals surface area contributed by atoms with E-state index in [2.05, 4.69) is 15.6 Å². The van der Waals surface area contributed by atoms with Gasteiger partial charge in [-0.25, -0.2) is 4.39 Å². The van der Waals surface area contributed by atoms with Crippen LogP contribution in [0.4, 0.5) is 10.1 Å². The van der Waals surface area contributed by atoms with Crippen LogP contribution in [0.25, 0.3) is 0 Å². The summed E-state index contributed by atoms with van der Waals surface area (Å²) in [6, 6.07) is 16.7. The van der Waals surface area contributed by atoms with Crippen molar-refractivity contribution >= 4 is 17.5 Å². The molecule has 136 valence electrons. The largest absolute Gasteiger partial charge is 0.352 e. The summed E-state index contributed by atoms with van der Waals surface area (Å²) in [7, 11) is 0. The quantitative estimate of drug-likeness (QED) is 0.706. The molecule has 0 saturated carbocycles. The Hall–Kier alpha value is -3.54. The lowest BCUT2D eigenvalue weighted by molar-refractivity contribution is -0.120. The van der Waals surface area contributed by atoms with Gasteiger partial charge in [-0.1, -0.05) is 36.4 Å². The summed E-state index contributed by atoms with van der Waals surface area (Å²) in [5, 5.41) is 5.58. The maximum Gasteiger partial charge on any atom is 0.257 e. The molecule has 0 bridgehead atoms. The molecular weight excluding hydrogens is 345 g/mol. The van der Waals surface area contributed by atoms with Crippen molar-refractivity contribution in [2.45, 2.75) is 13.0 Å². The highest BCUT2D eigenvalue weighted by atomic mass is 19.1. The number of para-hydroxylation sites is 1. The van der Waals surface area contributed by atoms with E-state index in [1.807, 2.05) is 12.1 Å². The molecule has 2 aromatic carbocycles. The molecule has 27 heavy (non-hydrogen) atoms. The molecule has 1 heterocycles. The fraction of sp³-hybridized carbons (Fsp3) is 0.0952. The lowest BCUT2D eigenvalue weighted by atomic mass is 10.1. The second kappa shape index (κ2) is 8.71. The van der Waals surface area contributed by atoms with Crippen LogP contribution in [0.15, 0.2) is 73.1 Å². The van der Waals surface area contributed by atoms with E-state index < -0.39 is 5.82 Å². The number of carbonyl (C=O) groups excluding carboxylic acids is 2. The van der Waals surface area contributed by atoms with E-state index in [0.29, 0.717) is 16.8 Å². The van der Waals surface area contributed by atoms with E-state index in [-0.39, 0.29) is 24.8 Å². The van der Waals surface area contributed by atoms with Crippen LogP contribution in [-0.4, -0.2) is 16.8 Å². The predicted molar refractivity (Wildman–Crippen MR) is 101 cm³/mol. The van der Waals surface area contributed by atoms with E-state index in [4.69, 9.17) is 0 Å². The minimum absolute atomic E-state index is 0.0448. The monoisotopic (exact) mass is 363 g/mol. The molecule has 3 rings (SSSR count). The molecule has 5 nitrogen and oxygen atoms in total. The lowest BCUT2D eigenvalue weighted by Crippen LogP contribution is -2.25. The molecule has 1 aromatic heterocycles. The van der Waals surface area contributed by atoms with E-state index in [0.717, 1.165) is 5.56 Å². The highest BCUT2D eigenvalue weighted by Crippen LogP contribution is 2.16. The van der Waals surface area contributed by atoms with Gasteiger partial charge in [0.05, 0.1) is 12.0 Å². The molecule has 2 amide bonds. The maximum atomic E-state index is 13.6. The summed E-state index contributed by atoms with van der Waals surface area (Å²) in [6.45, 7) is 0.219. The number of hydrogen-bond donors (Lipinski definition) is 2. The van der Waals surface area contributed by atoms with Crippen LogP contribution in [0, 0.1) is 5.82 Å². The van der Waals surface area contributed by atoms with E-state index >= 15 is 0 Å². The van der Waals surface area contributed by atoms with Gasteiger partial charge in [0, 0.05) is 24.6 Å². The summed E-state index contributed by atoms with van der Waals surface area (Å²) in [5.41, 5.74) is 2.12. The first-order valence-corrected chi connectivity index (χ1v) is 8.43. The summed E-state index contributed by atoms with van der Waals surface area (Å²) in [6.07, 6.45) is 3.03. The number of carbonyl (C=O) groups is 2. The normalized spacial score (nSPS) is 10.3. The maximum absolute atomic E-state index is 13.6. The second-order valence-corrected chi connectivity index (χ2v) is 5.90. The molecule has 6 heteroatoms. The fourth-order valence-corrected chi connectivity index (χ4v) is 2.56. The number of hydrogen-bond acceptors (Lipinski definition) is 3. The second-order valence-electron chi connectivity index (χ2n) is 5.90. The van der Waals surface area contributed by atoms with E-state index in [1.54, 1.807) is 48.7 Å². The van der Waals surface area contributed by atoms with Crippen LogP contribution in [0.1, 0.15) is 21.5 Å². The fourth-order valence-electron chi connectivity index (χ4n) is 2.56. The number of halogens is 1. The van der Waals surface area contributed by atoms with Crippen molar-refractivity contribution in [2.75, 3.05) is 5.32 Å². The Morgan fingerprint density at radius 2 is 1.67 bits per heavy atom. The van der Waals surface area contributed by atoms with E-state index in [1.165, 1.54) is 12.3 Å². The molecule has 2 N–H and O–H groups in total. The first-order valence-electron chi connectivity index (χ1n) is 8.43.